The highest BCUT2D eigenvalue weighted by atomic mass is 79.9. The number of aromatic nitrogens is 1. The SMILES string of the molecule is Cc1c([N+](=O)[O-])cn(CC(C)O)c(=O)c1Br. The third kappa shape index (κ3) is 2.48. The van der Waals surface area contributed by atoms with E-state index in [1.54, 1.807) is 0 Å². The fourth-order valence-corrected chi connectivity index (χ4v) is 1.74. The molecule has 0 aromatic carbocycles. The van der Waals surface area contributed by atoms with Crippen LogP contribution in [-0.2, 0) is 6.54 Å². The molecule has 0 spiro atoms. The van der Waals surface area contributed by atoms with Crippen molar-refractivity contribution >= 4 is 21.6 Å². The summed E-state index contributed by atoms with van der Waals surface area (Å²) in [5.41, 5.74) is -0.243. The van der Waals surface area contributed by atoms with Gasteiger partial charge in [-0.15, -0.1) is 0 Å². The number of pyridine rings is 1. The fourth-order valence-electron chi connectivity index (χ4n) is 1.31. The number of aliphatic hydroxyl groups excluding tert-OH is 1. The van der Waals surface area contributed by atoms with Gasteiger partial charge in [-0.05, 0) is 29.8 Å². The smallest absolute Gasteiger partial charge is 0.289 e. The molecule has 0 radical (unpaired) electrons. The number of halogens is 1. The topological polar surface area (TPSA) is 85.4 Å². The van der Waals surface area contributed by atoms with E-state index in [4.69, 9.17) is 0 Å². The van der Waals surface area contributed by atoms with E-state index < -0.39 is 11.0 Å². The Kier molecular flexibility index (Phi) is 3.82. The van der Waals surface area contributed by atoms with Gasteiger partial charge < -0.3 is 9.67 Å². The normalized spacial score (nSPS) is 12.5. The van der Waals surface area contributed by atoms with Gasteiger partial charge in [0.05, 0.1) is 28.2 Å². The second-order valence-electron chi connectivity index (χ2n) is 3.52. The van der Waals surface area contributed by atoms with Crippen LogP contribution in [0.1, 0.15) is 12.5 Å². The summed E-state index contributed by atoms with van der Waals surface area (Å²) in [5.74, 6) is 0. The van der Waals surface area contributed by atoms with E-state index in [0.29, 0.717) is 0 Å². The van der Waals surface area contributed by atoms with Crippen molar-refractivity contribution in [2.75, 3.05) is 0 Å². The molecule has 0 saturated heterocycles. The Labute approximate surface area is 99.8 Å². The molecule has 1 N–H and O–H groups in total. The van der Waals surface area contributed by atoms with E-state index >= 15 is 0 Å². The van der Waals surface area contributed by atoms with Crippen LogP contribution in [-0.4, -0.2) is 20.7 Å². The largest absolute Gasteiger partial charge is 0.392 e. The summed E-state index contributed by atoms with van der Waals surface area (Å²) in [5, 5.41) is 19.9. The van der Waals surface area contributed by atoms with Crippen LogP contribution in [0, 0.1) is 17.0 Å². The van der Waals surface area contributed by atoms with Crippen LogP contribution < -0.4 is 5.56 Å². The molecule has 88 valence electrons. The highest BCUT2D eigenvalue weighted by Gasteiger charge is 2.18. The minimum absolute atomic E-state index is 0.0263. The molecule has 1 atom stereocenters. The second kappa shape index (κ2) is 4.75. The Hall–Kier alpha value is -1.21. The monoisotopic (exact) mass is 290 g/mol. The van der Waals surface area contributed by atoms with Gasteiger partial charge in [-0.25, -0.2) is 0 Å². The summed E-state index contributed by atoms with van der Waals surface area (Å²) in [7, 11) is 0. The Morgan fingerprint density at radius 2 is 2.25 bits per heavy atom. The summed E-state index contributed by atoms with van der Waals surface area (Å²) in [6.45, 7) is 3.03. The zero-order chi connectivity index (χ0) is 12.5. The van der Waals surface area contributed by atoms with Crippen molar-refractivity contribution < 1.29 is 10.0 Å². The van der Waals surface area contributed by atoms with Gasteiger partial charge in [0.25, 0.3) is 11.2 Å². The van der Waals surface area contributed by atoms with Crippen LogP contribution in [0.4, 0.5) is 5.69 Å². The highest BCUT2D eigenvalue weighted by Crippen LogP contribution is 2.22. The van der Waals surface area contributed by atoms with E-state index in [1.807, 2.05) is 0 Å². The first-order valence-corrected chi connectivity index (χ1v) is 5.36. The summed E-state index contributed by atoms with van der Waals surface area (Å²) in [6.07, 6.45) is 0.404. The number of hydrogen-bond acceptors (Lipinski definition) is 4. The van der Waals surface area contributed by atoms with Crippen LogP contribution in [0.25, 0.3) is 0 Å². The van der Waals surface area contributed by atoms with Crippen LogP contribution in [0.3, 0.4) is 0 Å². The van der Waals surface area contributed by atoms with Crippen molar-refractivity contribution in [2.24, 2.45) is 0 Å². The Balaban J connectivity index is 3.41. The van der Waals surface area contributed by atoms with Crippen molar-refractivity contribution in [1.29, 1.82) is 0 Å². The fraction of sp³-hybridized carbons (Fsp3) is 0.444. The van der Waals surface area contributed by atoms with Gasteiger partial charge in [0.2, 0.25) is 0 Å². The van der Waals surface area contributed by atoms with Gasteiger partial charge in [0, 0.05) is 5.56 Å². The first kappa shape index (κ1) is 12.9. The lowest BCUT2D eigenvalue weighted by Crippen LogP contribution is -2.26. The molecular formula is C9H11BrN2O4. The zero-order valence-electron chi connectivity index (χ0n) is 8.81. The summed E-state index contributed by atoms with van der Waals surface area (Å²) in [6, 6.07) is 0. The van der Waals surface area contributed by atoms with Gasteiger partial charge in [0.1, 0.15) is 0 Å². The van der Waals surface area contributed by atoms with Gasteiger partial charge in [-0.3, -0.25) is 14.9 Å². The van der Waals surface area contributed by atoms with Gasteiger partial charge >= 0.3 is 0 Å². The maximum absolute atomic E-state index is 11.7. The molecule has 1 aromatic rings. The first-order chi connectivity index (χ1) is 7.34. The molecule has 1 heterocycles. The lowest BCUT2D eigenvalue weighted by molar-refractivity contribution is -0.386. The third-order valence-electron chi connectivity index (χ3n) is 2.10. The van der Waals surface area contributed by atoms with Crippen molar-refractivity contribution in [3.63, 3.8) is 0 Å². The molecule has 16 heavy (non-hydrogen) atoms. The van der Waals surface area contributed by atoms with Crippen LogP contribution in [0.15, 0.2) is 15.5 Å². The third-order valence-corrected chi connectivity index (χ3v) is 3.03. The van der Waals surface area contributed by atoms with Crippen LogP contribution in [0.5, 0.6) is 0 Å². The summed E-state index contributed by atoms with van der Waals surface area (Å²) >= 11 is 3.02. The number of nitrogens with zero attached hydrogens (tertiary/aromatic N) is 2. The van der Waals surface area contributed by atoms with Crippen molar-refractivity contribution in [3.05, 3.63) is 36.7 Å². The van der Waals surface area contributed by atoms with E-state index in [-0.39, 0.29) is 27.8 Å². The average molecular weight is 291 g/mol. The minimum Gasteiger partial charge on any atom is -0.392 e. The van der Waals surface area contributed by atoms with E-state index in [2.05, 4.69) is 15.9 Å². The molecule has 7 heteroatoms. The molecule has 0 aliphatic rings. The molecule has 0 saturated carbocycles. The van der Waals surface area contributed by atoms with Crippen LogP contribution >= 0.6 is 15.9 Å². The molecule has 0 aliphatic carbocycles. The number of hydrogen-bond donors (Lipinski definition) is 1. The second-order valence-corrected chi connectivity index (χ2v) is 4.31. The zero-order valence-corrected chi connectivity index (χ0v) is 10.4. The Morgan fingerprint density at radius 3 is 2.69 bits per heavy atom. The van der Waals surface area contributed by atoms with Crippen molar-refractivity contribution in [1.82, 2.24) is 4.57 Å². The Morgan fingerprint density at radius 1 is 1.69 bits per heavy atom. The van der Waals surface area contributed by atoms with E-state index in [9.17, 15) is 20.0 Å². The van der Waals surface area contributed by atoms with Gasteiger partial charge in [-0.2, -0.15) is 0 Å². The van der Waals surface area contributed by atoms with Crippen LogP contribution in [0.2, 0.25) is 0 Å². The Bertz CT molecular complexity index is 481. The number of nitro groups is 1. The standard InChI is InChI=1S/C9H11BrN2O4/c1-5(13)3-11-4-7(12(15)16)6(2)8(10)9(11)14/h4-5,13H,3H2,1-2H3. The summed E-state index contributed by atoms with van der Waals surface area (Å²) < 4.78 is 1.28. The van der Waals surface area contributed by atoms with Gasteiger partial charge in [-0.1, -0.05) is 0 Å². The van der Waals surface area contributed by atoms with E-state index in [0.717, 1.165) is 10.8 Å². The molecule has 0 bridgehead atoms. The molecule has 1 unspecified atom stereocenters. The average Bonchev–Trinajstić information content (AvgIpc) is 2.18. The molecule has 0 aliphatic heterocycles. The first-order valence-electron chi connectivity index (χ1n) is 4.56. The molecule has 1 aromatic heterocycles. The number of aliphatic hydroxyl groups is 1. The van der Waals surface area contributed by atoms with Crippen molar-refractivity contribution in [3.8, 4) is 0 Å². The molecule has 0 amide bonds. The molecular weight excluding hydrogens is 280 g/mol. The summed E-state index contributed by atoms with van der Waals surface area (Å²) in [4.78, 5) is 21.9. The minimum atomic E-state index is -0.744. The lowest BCUT2D eigenvalue weighted by atomic mass is 10.2. The predicted molar refractivity (Wildman–Crippen MR) is 61.5 cm³/mol. The number of rotatable bonds is 3. The molecule has 6 nitrogen and oxygen atoms in total. The lowest BCUT2D eigenvalue weighted by Gasteiger charge is -2.09. The van der Waals surface area contributed by atoms with E-state index in [1.165, 1.54) is 13.8 Å². The molecule has 0 fully saturated rings. The molecule has 1 rings (SSSR count). The maximum Gasteiger partial charge on any atom is 0.289 e. The van der Waals surface area contributed by atoms with Crippen molar-refractivity contribution in [2.45, 2.75) is 26.5 Å². The van der Waals surface area contributed by atoms with Gasteiger partial charge in [0.15, 0.2) is 0 Å². The quantitative estimate of drug-likeness (QED) is 0.670. The maximum atomic E-state index is 11.7. The predicted octanol–water partition coefficient (Wildman–Crippen LogP) is 1.21. The highest BCUT2D eigenvalue weighted by molar-refractivity contribution is 9.10.